The predicted molar refractivity (Wildman–Crippen MR) is 82.4 cm³/mol. The summed E-state index contributed by atoms with van der Waals surface area (Å²) in [6.07, 6.45) is 1.10. The lowest BCUT2D eigenvalue weighted by Crippen LogP contribution is -2.53. The Kier molecular flexibility index (Phi) is 7.52. The first-order valence-electron chi connectivity index (χ1n) is 7.27. The second kappa shape index (κ2) is 9.39. The molecule has 0 saturated carbocycles. The van der Waals surface area contributed by atoms with Gasteiger partial charge in [-0.3, -0.25) is 20.4 Å². The number of hydrogen-bond donors (Lipinski definition) is 4. The standard InChI is InChI=1S/C15H21FN4O3/c1-3-4-13(14(22)20-19-10(2)21)18-15(23)17-9-11-5-7-12(16)8-6-11/h5-8,13H,3-4,9H2,1-2H3,(H,19,21)(H,20,22)(H2,17,18,23). The van der Waals surface area contributed by atoms with Crippen molar-refractivity contribution in [3.8, 4) is 0 Å². The molecule has 1 atom stereocenters. The molecule has 0 spiro atoms. The van der Waals surface area contributed by atoms with Gasteiger partial charge in [0.1, 0.15) is 11.9 Å². The van der Waals surface area contributed by atoms with Crippen LogP contribution in [0.15, 0.2) is 24.3 Å². The van der Waals surface area contributed by atoms with E-state index in [4.69, 9.17) is 0 Å². The van der Waals surface area contributed by atoms with Crippen LogP contribution in [0.25, 0.3) is 0 Å². The van der Waals surface area contributed by atoms with Gasteiger partial charge in [-0.05, 0) is 24.1 Å². The molecule has 0 bridgehead atoms. The zero-order valence-corrected chi connectivity index (χ0v) is 13.1. The van der Waals surface area contributed by atoms with Gasteiger partial charge in [0, 0.05) is 13.5 Å². The molecule has 126 valence electrons. The highest BCUT2D eigenvalue weighted by Crippen LogP contribution is 2.02. The summed E-state index contributed by atoms with van der Waals surface area (Å²) in [6.45, 7) is 3.34. The lowest BCUT2D eigenvalue weighted by molar-refractivity contribution is -0.129. The Bertz CT molecular complexity index is 548. The molecule has 0 fully saturated rings. The molecule has 0 saturated heterocycles. The number of urea groups is 1. The Hall–Kier alpha value is -2.64. The summed E-state index contributed by atoms with van der Waals surface area (Å²) in [5.41, 5.74) is 5.14. The lowest BCUT2D eigenvalue weighted by atomic mass is 10.1. The van der Waals surface area contributed by atoms with Gasteiger partial charge in [0.2, 0.25) is 5.91 Å². The van der Waals surface area contributed by atoms with Crippen LogP contribution in [0.2, 0.25) is 0 Å². The maximum absolute atomic E-state index is 12.8. The maximum Gasteiger partial charge on any atom is 0.315 e. The second-order valence-corrected chi connectivity index (χ2v) is 4.97. The minimum atomic E-state index is -0.764. The van der Waals surface area contributed by atoms with E-state index in [9.17, 15) is 18.8 Å². The average molecular weight is 324 g/mol. The van der Waals surface area contributed by atoms with E-state index in [0.29, 0.717) is 12.8 Å². The lowest BCUT2D eigenvalue weighted by Gasteiger charge is -2.18. The van der Waals surface area contributed by atoms with Gasteiger partial charge in [-0.1, -0.05) is 25.5 Å². The number of hydrazine groups is 1. The molecule has 0 heterocycles. The van der Waals surface area contributed by atoms with Gasteiger partial charge in [0.15, 0.2) is 0 Å². The van der Waals surface area contributed by atoms with E-state index in [1.807, 2.05) is 6.92 Å². The van der Waals surface area contributed by atoms with Crippen molar-refractivity contribution < 1.29 is 18.8 Å². The first-order chi connectivity index (χ1) is 10.9. The van der Waals surface area contributed by atoms with Crippen molar-refractivity contribution >= 4 is 17.8 Å². The zero-order valence-electron chi connectivity index (χ0n) is 13.1. The first-order valence-corrected chi connectivity index (χ1v) is 7.27. The predicted octanol–water partition coefficient (Wildman–Crippen LogP) is 0.961. The molecular weight excluding hydrogens is 303 g/mol. The summed E-state index contributed by atoms with van der Waals surface area (Å²) in [7, 11) is 0. The van der Waals surface area contributed by atoms with E-state index in [2.05, 4.69) is 21.5 Å². The van der Waals surface area contributed by atoms with Crippen LogP contribution in [0, 0.1) is 5.82 Å². The molecule has 1 unspecified atom stereocenters. The number of nitrogens with one attached hydrogen (secondary N) is 4. The van der Waals surface area contributed by atoms with E-state index in [0.717, 1.165) is 5.56 Å². The minimum Gasteiger partial charge on any atom is -0.334 e. The summed E-state index contributed by atoms with van der Waals surface area (Å²) in [4.78, 5) is 34.5. The molecule has 0 radical (unpaired) electrons. The molecule has 0 aliphatic rings. The molecule has 4 amide bonds. The number of carbonyl (C=O) groups is 3. The number of hydrogen-bond acceptors (Lipinski definition) is 3. The fourth-order valence-corrected chi connectivity index (χ4v) is 1.79. The molecular formula is C15H21FN4O3. The van der Waals surface area contributed by atoms with Crippen LogP contribution in [-0.4, -0.2) is 23.9 Å². The Morgan fingerprint density at radius 2 is 1.78 bits per heavy atom. The molecule has 0 aliphatic carbocycles. The van der Waals surface area contributed by atoms with Crippen molar-refractivity contribution in [2.75, 3.05) is 0 Å². The van der Waals surface area contributed by atoms with E-state index in [1.54, 1.807) is 12.1 Å². The fraction of sp³-hybridized carbons (Fsp3) is 0.400. The summed E-state index contributed by atoms with van der Waals surface area (Å²) in [6, 6.07) is 4.43. The number of halogens is 1. The first kappa shape index (κ1) is 18.4. The van der Waals surface area contributed by atoms with Crippen LogP contribution in [-0.2, 0) is 16.1 Å². The van der Waals surface area contributed by atoms with E-state index < -0.39 is 23.9 Å². The average Bonchev–Trinajstić information content (AvgIpc) is 2.51. The van der Waals surface area contributed by atoms with E-state index >= 15 is 0 Å². The highest BCUT2D eigenvalue weighted by atomic mass is 19.1. The molecule has 23 heavy (non-hydrogen) atoms. The van der Waals surface area contributed by atoms with Crippen molar-refractivity contribution in [3.05, 3.63) is 35.6 Å². The maximum atomic E-state index is 12.8. The van der Waals surface area contributed by atoms with Crippen LogP contribution in [0.4, 0.5) is 9.18 Å². The van der Waals surface area contributed by atoms with Crippen molar-refractivity contribution in [3.63, 3.8) is 0 Å². The van der Waals surface area contributed by atoms with Crippen molar-refractivity contribution in [1.82, 2.24) is 21.5 Å². The number of carbonyl (C=O) groups excluding carboxylic acids is 3. The fourth-order valence-electron chi connectivity index (χ4n) is 1.79. The van der Waals surface area contributed by atoms with Gasteiger partial charge in [-0.25, -0.2) is 9.18 Å². The highest BCUT2D eigenvalue weighted by Gasteiger charge is 2.19. The van der Waals surface area contributed by atoms with Gasteiger partial charge >= 0.3 is 6.03 Å². The SMILES string of the molecule is CCCC(NC(=O)NCc1ccc(F)cc1)C(=O)NNC(C)=O. The molecule has 8 heteroatoms. The third-order valence-corrected chi connectivity index (χ3v) is 2.93. The molecule has 7 nitrogen and oxygen atoms in total. The third-order valence-electron chi connectivity index (χ3n) is 2.93. The number of benzene rings is 1. The van der Waals surface area contributed by atoms with Crippen LogP contribution in [0.1, 0.15) is 32.3 Å². The van der Waals surface area contributed by atoms with Gasteiger partial charge in [-0.2, -0.15) is 0 Å². The Balaban J connectivity index is 2.48. The summed E-state index contributed by atoms with van der Waals surface area (Å²) in [5.74, 6) is -1.26. The van der Waals surface area contributed by atoms with Crippen molar-refractivity contribution in [2.24, 2.45) is 0 Å². The normalized spacial score (nSPS) is 11.3. The van der Waals surface area contributed by atoms with E-state index in [-0.39, 0.29) is 12.4 Å². The van der Waals surface area contributed by atoms with Crippen LogP contribution >= 0.6 is 0 Å². The van der Waals surface area contributed by atoms with Gasteiger partial charge in [0.05, 0.1) is 0 Å². The third kappa shape index (κ3) is 7.25. The molecule has 1 aromatic rings. The van der Waals surface area contributed by atoms with E-state index in [1.165, 1.54) is 19.1 Å². The van der Waals surface area contributed by atoms with Crippen LogP contribution in [0.3, 0.4) is 0 Å². The summed E-state index contributed by atoms with van der Waals surface area (Å²) < 4.78 is 12.8. The second-order valence-electron chi connectivity index (χ2n) is 4.97. The van der Waals surface area contributed by atoms with Crippen LogP contribution < -0.4 is 21.5 Å². The van der Waals surface area contributed by atoms with Crippen LogP contribution in [0.5, 0.6) is 0 Å². The van der Waals surface area contributed by atoms with Gasteiger partial charge in [-0.15, -0.1) is 0 Å². The molecule has 1 aromatic carbocycles. The highest BCUT2D eigenvalue weighted by molar-refractivity contribution is 5.88. The summed E-state index contributed by atoms with van der Waals surface area (Å²) >= 11 is 0. The Morgan fingerprint density at radius 1 is 1.13 bits per heavy atom. The smallest absolute Gasteiger partial charge is 0.315 e. The molecule has 1 rings (SSSR count). The van der Waals surface area contributed by atoms with Crippen molar-refractivity contribution in [1.29, 1.82) is 0 Å². The summed E-state index contributed by atoms with van der Waals surface area (Å²) in [5, 5.41) is 5.12. The molecule has 0 aliphatic heterocycles. The number of rotatable bonds is 6. The number of amides is 4. The molecule has 4 N–H and O–H groups in total. The Labute approximate surface area is 134 Å². The largest absolute Gasteiger partial charge is 0.334 e. The Morgan fingerprint density at radius 3 is 2.35 bits per heavy atom. The zero-order chi connectivity index (χ0) is 17.2. The minimum absolute atomic E-state index is 0.207. The van der Waals surface area contributed by atoms with Crippen molar-refractivity contribution in [2.45, 2.75) is 39.3 Å². The van der Waals surface area contributed by atoms with Gasteiger partial charge in [0.25, 0.3) is 5.91 Å². The topological polar surface area (TPSA) is 99.3 Å². The quantitative estimate of drug-likeness (QED) is 0.587. The van der Waals surface area contributed by atoms with Gasteiger partial charge < -0.3 is 10.6 Å². The monoisotopic (exact) mass is 324 g/mol. The molecule has 0 aromatic heterocycles.